The molecule has 8 N–H and O–H groups in total. The Morgan fingerprint density at radius 3 is 2.54 bits per heavy atom. The number of aromatic nitrogens is 1. The van der Waals surface area contributed by atoms with Gasteiger partial charge in [-0.1, -0.05) is 0 Å². The lowest BCUT2D eigenvalue weighted by atomic mass is 10.5. The molecule has 0 aromatic carbocycles. The van der Waals surface area contributed by atoms with Crippen molar-refractivity contribution in [3.8, 4) is 0 Å². The van der Waals surface area contributed by atoms with Gasteiger partial charge in [0.05, 0.1) is 12.0 Å². The van der Waals surface area contributed by atoms with Crippen LogP contribution < -0.4 is 16.8 Å². The molecule has 0 aliphatic carbocycles. The lowest BCUT2D eigenvalue weighted by molar-refractivity contribution is -0.134. The van der Waals surface area contributed by atoms with Crippen LogP contribution in [0.4, 0.5) is 5.13 Å². The average Bonchev–Trinajstić information content (AvgIpc) is 2.92. The Morgan fingerprint density at radius 2 is 2.04 bits per heavy atom. The van der Waals surface area contributed by atoms with E-state index < -0.39 is 11.9 Å². The second-order valence-electron chi connectivity index (χ2n) is 3.80. The Morgan fingerprint density at radius 1 is 1.42 bits per heavy atom. The third kappa shape index (κ3) is 13.1. The molecule has 1 aromatic rings. The number of guanidine groups is 1. The van der Waals surface area contributed by atoms with Crippen LogP contribution in [0.15, 0.2) is 22.5 Å². The number of carbonyl (C=O) groups is 2. The van der Waals surface area contributed by atoms with Gasteiger partial charge < -0.3 is 27.0 Å². The van der Waals surface area contributed by atoms with Gasteiger partial charge in [0.25, 0.3) is 0 Å². The number of nitrogens with two attached hydrogens (primary N) is 2. The first-order valence-corrected chi connectivity index (χ1v) is 8.35. The van der Waals surface area contributed by atoms with Crippen LogP contribution in [-0.4, -0.2) is 51.7 Å². The van der Waals surface area contributed by atoms with Gasteiger partial charge in [-0.25, -0.2) is 14.6 Å². The van der Waals surface area contributed by atoms with Crippen molar-refractivity contribution in [2.45, 2.75) is 5.75 Å². The second kappa shape index (κ2) is 12.9. The van der Waals surface area contributed by atoms with Crippen LogP contribution in [0.3, 0.4) is 0 Å². The summed E-state index contributed by atoms with van der Waals surface area (Å²) in [5.74, 6) is -0.859. The fraction of sp³-hybridized carbons (Fsp3) is 0.250. The number of anilines is 1. The minimum absolute atomic E-state index is 0.0918. The molecular weight excluding hydrogens is 356 g/mol. The normalized spacial score (nSPS) is 10.3. The van der Waals surface area contributed by atoms with E-state index in [1.165, 1.54) is 17.7 Å². The maximum atomic E-state index is 9.55. The molecule has 24 heavy (non-hydrogen) atoms. The number of rotatable bonds is 8. The summed E-state index contributed by atoms with van der Waals surface area (Å²) in [6.45, 7) is 0.726. The Labute approximate surface area is 146 Å². The molecule has 1 aromatic heterocycles. The van der Waals surface area contributed by atoms with Gasteiger partial charge in [-0.2, -0.15) is 11.8 Å². The Hall–Kier alpha value is -2.60. The van der Waals surface area contributed by atoms with E-state index >= 15 is 0 Å². The van der Waals surface area contributed by atoms with E-state index in [0.717, 1.165) is 23.7 Å². The SMILES string of the molecule is N=C(N)Nc1nc(CSCC/N=C\N)cs1.O=C(O)/C=C\C(=O)O. The van der Waals surface area contributed by atoms with Crippen LogP contribution in [0, 0.1) is 5.41 Å². The third-order valence-corrected chi connectivity index (χ3v) is 3.66. The first kappa shape index (κ1) is 21.4. The van der Waals surface area contributed by atoms with Gasteiger partial charge in [0.1, 0.15) is 0 Å². The van der Waals surface area contributed by atoms with E-state index in [1.807, 2.05) is 5.38 Å². The molecule has 12 heteroatoms. The molecule has 0 spiro atoms. The van der Waals surface area contributed by atoms with Gasteiger partial charge in [0.2, 0.25) is 0 Å². The smallest absolute Gasteiger partial charge is 0.328 e. The van der Waals surface area contributed by atoms with Crippen LogP contribution in [-0.2, 0) is 15.3 Å². The standard InChI is InChI=1S/C8H14N6S2.C4H4O4/c9-5-12-1-2-15-3-6-4-16-8(13-6)14-7(10)11;5-3(6)1-2-4(7)8/h4-5H,1-3H2,(H2,9,12)(H4,10,11,13,14);1-2H,(H,5,6)(H,7,8)/b;2-1-. The zero-order valence-corrected chi connectivity index (χ0v) is 14.1. The minimum atomic E-state index is -1.26. The number of hydrogen-bond donors (Lipinski definition) is 6. The van der Waals surface area contributed by atoms with Crippen molar-refractivity contribution in [1.82, 2.24) is 4.98 Å². The molecule has 0 fully saturated rings. The fourth-order valence-corrected chi connectivity index (χ4v) is 2.62. The maximum absolute atomic E-state index is 9.55. The highest BCUT2D eigenvalue weighted by Gasteiger charge is 2.02. The van der Waals surface area contributed by atoms with Gasteiger partial charge in [-0.3, -0.25) is 10.4 Å². The monoisotopic (exact) mass is 374 g/mol. The highest BCUT2D eigenvalue weighted by Crippen LogP contribution is 2.19. The molecule has 0 bridgehead atoms. The van der Waals surface area contributed by atoms with E-state index in [9.17, 15) is 9.59 Å². The molecule has 0 atom stereocenters. The molecule has 1 heterocycles. The molecule has 0 amide bonds. The molecule has 1 rings (SSSR count). The maximum Gasteiger partial charge on any atom is 0.328 e. The van der Waals surface area contributed by atoms with E-state index in [1.54, 1.807) is 11.8 Å². The summed E-state index contributed by atoms with van der Waals surface area (Å²) in [6.07, 6.45) is 2.43. The summed E-state index contributed by atoms with van der Waals surface area (Å²) in [6, 6.07) is 0. The summed E-state index contributed by atoms with van der Waals surface area (Å²) in [5.41, 5.74) is 11.3. The van der Waals surface area contributed by atoms with Crippen molar-refractivity contribution in [2.24, 2.45) is 16.5 Å². The summed E-state index contributed by atoms with van der Waals surface area (Å²) in [5, 5.41) is 27.9. The quantitative estimate of drug-likeness (QED) is 0.162. The third-order valence-electron chi connectivity index (χ3n) is 1.88. The van der Waals surface area contributed by atoms with Crippen LogP contribution in [0.2, 0.25) is 0 Å². The van der Waals surface area contributed by atoms with Crippen molar-refractivity contribution >= 4 is 52.5 Å². The van der Waals surface area contributed by atoms with Crippen LogP contribution in [0.25, 0.3) is 0 Å². The van der Waals surface area contributed by atoms with Gasteiger partial charge >= 0.3 is 11.9 Å². The highest BCUT2D eigenvalue weighted by atomic mass is 32.2. The number of carboxylic acids is 2. The van der Waals surface area contributed by atoms with Gasteiger partial charge in [0, 0.05) is 35.6 Å². The number of thiazole rings is 1. The Balaban J connectivity index is 0.000000561. The molecule has 132 valence electrons. The molecule has 0 aliphatic rings. The summed E-state index contributed by atoms with van der Waals surface area (Å²) in [7, 11) is 0. The van der Waals surface area contributed by atoms with Crippen LogP contribution >= 0.6 is 23.1 Å². The fourth-order valence-electron chi connectivity index (χ4n) is 1.06. The van der Waals surface area contributed by atoms with Crippen molar-refractivity contribution in [3.63, 3.8) is 0 Å². The zero-order chi connectivity index (χ0) is 18.4. The minimum Gasteiger partial charge on any atom is -0.478 e. The van der Waals surface area contributed by atoms with Crippen molar-refractivity contribution in [1.29, 1.82) is 5.41 Å². The van der Waals surface area contributed by atoms with E-state index in [2.05, 4.69) is 15.3 Å². The molecule has 0 aliphatic heterocycles. The number of aliphatic imine (C=N–C) groups is 1. The Bertz CT molecular complexity index is 586. The van der Waals surface area contributed by atoms with Crippen LogP contribution in [0.1, 0.15) is 5.69 Å². The largest absolute Gasteiger partial charge is 0.478 e. The summed E-state index contributed by atoms with van der Waals surface area (Å²) in [4.78, 5) is 27.3. The lowest BCUT2D eigenvalue weighted by Crippen LogP contribution is -2.20. The predicted molar refractivity (Wildman–Crippen MR) is 95.8 cm³/mol. The first-order chi connectivity index (χ1) is 11.3. The Kier molecular flexibility index (Phi) is 11.5. The average molecular weight is 374 g/mol. The van der Waals surface area contributed by atoms with E-state index in [0.29, 0.717) is 17.3 Å². The zero-order valence-electron chi connectivity index (χ0n) is 12.5. The number of thioether (sulfide) groups is 1. The van der Waals surface area contributed by atoms with E-state index in [4.69, 9.17) is 27.1 Å². The molecule has 0 unspecified atom stereocenters. The number of aliphatic carboxylic acids is 2. The summed E-state index contributed by atoms with van der Waals surface area (Å²) < 4.78 is 0. The number of hydrogen-bond acceptors (Lipinski definition) is 7. The van der Waals surface area contributed by atoms with Crippen molar-refractivity contribution < 1.29 is 19.8 Å². The lowest BCUT2D eigenvalue weighted by Gasteiger charge is -1.97. The number of nitrogens with zero attached hydrogens (tertiary/aromatic N) is 2. The molecule has 0 radical (unpaired) electrons. The first-order valence-electron chi connectivity index (χ1n) is 6.32. The predicted octanol–water partition coefficient (Wildman–Crippen LogP) is 0.380. The topological polar surface area (TPSA) is 188 Å². The van der Waals surface area contributed by atoms with Gasteiger partial charge in [0.15, 0.2) is 11.1 Å². The van der Waals surface area contributed by atoms with E-state index in [-0.39, 0.29) is 5.96 Å². The van der Waals surface area contributed by atoms with Crippen molar-refractivity contribution in [2.75, 3.05) is 17.6 Å². The molecule has 0 saturated carbocycles. The molecule has 10 nitrogen and oxygen atoms in total. The second-order valence-corrected chi connectivity index (χ2v) is 5.76. The van der Waals surface area contributed by atoms with Crippen molar-refractivity contribution in [3.05, 3.63) is 23.2 Å². The summed E-state index contributed by atoms with van der Waals surface area (Å²) >= 11 is 3.18. The molecule has 0 saturated heterocycles. The number of nitrogens with one attached hydrogen (secondary N) is 2. The van der Waals surface area contributed by atoms with Crippen LogP contribution in [0.5, 0.6) is 0 Å². The van der Waals surface area contributed by atoms with Gasteiger partial charge in [-0.05, 0) is 0 Å². The number of carboxylic acid groups (broad SMARTS) is 2. The highest BCUT2D eigenvalue weighted by molar-refractivity contribution is 7.98. The van der Waals surface area contributed by atoms with Gasteiger partial charge in [-0.15, -0.1) is 11.3 Å². The molecular formula is C12H18N6O4S2.